The van der Waals surface area contributed by atoms with Crippen molar-refractivity contribution in [2.24, 2.45) is 0 Å². The number of aliphatic hydroxyl groups is 2. The van der Waals surface area contributed by atoms with E-state index < -0.39 is 0 Å². The maximum absolute atomic E-state index is 8.83. The number of nitrogens with zero attached hydrogens (tertiary/aromatic N) is 1. The Kier molecular flexibility index (Phi) is 4.78. The molecule has 0 atom stereocenters. The van der Waals surface area contributed by atoms with E-state index in [-0.39, 0.29) is 19.3 Å². The van der Waals surface area contributed by atoms with Gasteiger partial charge in [-0.1, -0.05) is 12.1 Å². The van der Waals surface area contributed by atoms with Gasteiger partial charge in [-0.05, 0) is 17.7 Å². The third-order valence-electron chi connectivity index (χ3n) is 2.09. The van der Waals surface area contributed by atoms with Gasteiger partial charge in [0.1, 0.15) is 0 Å². The van der Waals surface area contributed by atoms with Gasteiger partial charge < -0.3 is 15.5 Å². The van der Waals surface area contributed by atoms with E-state index in [4.69, 9.17) is 15.5 Å². The van der Waals surface area contributed by atoms with Crippen LogP contribution in [0.1, 0.15) is 11.1 Å². The Morgan fingerprint density at radius 3 is 2.67 bits per heavy atom. The van der Waals surface area contributed by atoms with Crippen LogP contribution in [0.3, 0.4) is 0 Å². The second-order valence-electron chi connectivity index (χ2n) is 3.26. The number of aliphatic hydroxyl groups excluding tert-OH is 2. The van der Waals surface area contributed by atoms with Gasteiger partial charge in [0.05, 0.1) is 30.9 Å². The summed E-state index contributed by atoms with van der Waals surface area (Å²) < 4.78 is 0. The molecule has 0 radical (unpaired) electrons. The normalized spacial score (nSPS) is 10.3. The average Bonchev–Trinajstić information content (AvgIpc) is 2.31. The summed E-state index contributed by atoms with van der Waals surface area (Å²) in [7, 11) is 0. The second-order valence-corrected chi connectivity index (χ2v) is 3.26. The maximum Gasteiger partial charge on any atom is 0.0991 e. The molecule has 0 aromatic heterocycles. The Balaban J connectivity index is 2.54. The lowest BCUT2D eigenvalue weighted by Gasteiger charge is -2.12. The van der Waals surface area contributed by atoms with Crippen molar-refractivity contribution in [3.8, 4) is 6.07 Å². The minimum atomic E-state index is -0.309. The van der Waals surface area contributed by atoms with Gasteiger partial charge in [0, 0.05) is 6.54 Å². The molecule has 80 valence electrons. The summed E-state index contributed by atoms with van der Waals surface area (Å²) in [5, 5.41) is 29.3. The molecule has 4 nitrogen and oxygen atoms in total. The van der Waals surface area contributed by atoms with E-state index in [1.807, 2.05) is 12.1 Å². The van der Waals surface area contributed by atoms with Crippen molar-refractivity contribution in [3.05, 3.63) is 35.4 Å². The highest BCUT2D eigenvalue weighted by molar-refractivity contribution is 5.32. The molecule has 15 heavy (non-hydrogen) atoms. The highest BCUT2D eigenvalue weighted by atomic mass is 16.3. The molecule has 1 aromatic carbocycles. The summed E-state index contributed by atoms with van der Waals surface area (Å²) >= 11 is 0. The molecular formula is C11H14N2O2. The van der Waals surface area contributed by atoms with Crippen molar-refractivity contribution in [2.45, 2.75) is 12.6 Å². The molecule has 0 aliphatic rings. The van der Waals surface area contributed by atoms with Gasteiger partial charge in [-0.2, -0.15) is 5.26 Å². The van der Waals surface area contributed by atoms with Crippen LogP contribution in [-0.2, 0) is 6.54 Å². The molecule has 3 N–H and O–H groups in total. The molecule has 0 unspecified atom stereocenters. The molecule has 0 fully saturated rings. The molecule has 0 saturated carbocycles. The summed E-state index contributed by atoms with van der Waals surface area (Å²) in [4.78, 5) is 0. The number of benzene rings is 1. The number of hydrogen-bond acceptors (Lipinski definition) is 4. The Morgan fingerprint density at radius 2 is 2.07 bits per heavy atom. The van der Waals surface area contributed by atoms with Gasteiger partial charge in [0.2, 0.25) is 0 Å². The van der Waals surface area contributed by atoms with Gasteiger partial charge >= 0.3 is 0 Å². The summed E-state index contributed by atoms with van der Waals surface area (Å²) in [5.41, 5.74) is 1.57. The third-order valence-corrected chi connectivity index (χ3v) is 2.09. The summed E-state index contributed by atoms with van der Waals surface area (Å²) in [5.74, 6) is 0. The fraction of sp³-hybridized carbons (Fsp3) is 0.364. The molecular weight excluding hydrogens is 192 g/mol. The third kappa shape index (κ3) is 3.68. The van der Waals surface area contributed by atoms with E-state index in [0.717, 1.165) is 5.56 Å². The SMILES string of the molecule is N#Cc1cccc(CNC(CO)CO)c1. The summed E-state index contributed by atoms with van der Waals surface area (Å²) in [6.45, 7) is 0.324. The van der Waals surface area contributed by atoms with Crippen molar-refractivity contribution in [3.63, 3.8) is 0 Å². The molecule has 1 aromatic rings. The Morgan fingerprint density at radius 1 is 1.33 bits per heavy atom. The molecule has 0 saturated heterocycles. The van der Waals surface area contributed by atoms with Gasteiger partial charge in [-0.25, -0.2) is 0 Å². The lowest BCUT2D eigenvalue weighted by molar-refractivity contribution is 0.170. The smallest absolute Gasteiger partial charge is 0.0991 e. The largest absolute Gasteiger partial charge is 0.395 e. The number of nitrogens with one attached hydrogen (secondary N) is 1. The van der Waals surface area contributed by atoms with Crippen LogP contribution in [0.2, 0.25) is 0 Å². The topological polar surface area (TPSA) is 76.3 Å². The lowest BCUT2D eigenvalue weighted by Crippen LogP contribution is -2.35. The van der Waals surface area contributed by atoms with Gasteiger partial charge in [-0.3, -0.25) is 0 Å². The van der Waals surface area contributed by atoms with Crippen molar-refractivity contribution in [2.75, 3.05) is 13.2 Å². The molecule has 0 aliphatic heterocycles. The highest BCUT2D eigenvalue weighted by Crippen LogP contribution is 2.03. The second kappa shape index (κ2) is 6.14. The van der Waals surface area contributed by atoms with Crippen molar-refractivity contribution in [1.82, 2.24) is 5.32 Å². The van der Waals surface area contributed by atoms with Crippen LogP contribution in [0.15, 0.2) is 24.3 Å². The van der Waals surface area contributed by atoms with E-state index >= 15 is 0 Å². The fourth-order valence-electron chi connectivity index (χ4n) is 1.20. The van der Waals surface area contributed by atoms with E-state index in [1.54, 1.807) is 12.1 Å². The Hall–Kier alpha value is -1.41. The van der Waals surface area contributed by atoms with Crippen LogP contribution in [0, 0.1) is 11.3 Å². The minimum absolute atomic E-state index is 0.103. The standard InChI is InChI=1S/C11H14N2O2/c12-5-9-2-1-3-10(4-9)6-13-11(7-14)8-15/h1-4,11,13-15H,6-8H2. The van der Waals surface area contributed by atoms with Crippen LogP contribution < -0.4 is 5.32 Å². The average molecular weight is 206 g/mol. The van der Waals surface area contributed by atoms with Crippen molar-refractivity contribution < 1.29 is 10.2 Å². The first kappa shape index (κ1) is 11.7. The van der Waals surface area contributed by atoms with Crippen LogP contribution in [-0.4, -0.2) is 29.5 Å². The number of nitriles is 1. The summed E-state index contributed by atoms with van der Waals surface area (Å²) in [6.07, 6.45) is 0. The molecule has 0 spiro atoms. The number of rotatable bonds is 5. The van der Waals surface area contributed by atoms with Crippen molar-refractivity contribution in [1.29, 1.82) is 5.26 Å². The zero-order chi connectivity index (χ0) is 11.1. The van der Waals surface area contributed by atoms with E-state index in [9.17, 15) is 0 Å². The molecule has 1 rings (SSSR count). The molecule has 4 heteroatoms. The zero-order valence-corrected chi connectivity index (χ0v) is 8.35. The molecule has 0 amide bonds. The molecule has 0 aliphatic carbocycles. The van der Waals surface area contributed by atoms with Crippen LogP contribution >= 0.6 is 0 Å². The Bertz CT molecular complexity index is 343. The monoisotopic (exact) mass is 206 g/mol. The first-order valence-electron chi connectivity index (χ1n) is 4.74. The molecule has 0 bridgehead atoms. The van der Waals surface area contributed by atoms with E-state index in [1.165, 1.54) is 0 Å². The lowest BCUT2D eigenvalue weighted by atomic mass is 10.1. The van der Waals surface area contributed by atoms with Crippen LogP contribution in [0.5, 0.6) is 0 Å². The van der Waals surface area contributed by atoms with Crippen molar-refractivity contribution >= 4 is 0 Å². The van der Waals surface area contributed by atoms with Crippen LogP contribution in [0.25, 0.3) is 0 Å². The highest BCUT2D eigenvalue weighted by Gasteiger charge is 2.04. The predicted octanol–water partition coefficient (Wildman–Crippen LogP) is 0.00108. The van der Waals surface area contributed by atoms with Crippen LogP contribution in [0.4, 0.5) is 0 Å². The van der Waals surface area contributed by atoms with E-state index in [2.05, 4.69) is 11.4 Å². The van der Waals surface area contributed by atoms with Gasteiger partial charge in [-0.15, -0.1) is 0 Å². The number of hydrogen-bond donors (Lipinski definition) is 3. The fourth-order valence-corrected chi connectivity index (χ4v) is 1.20. The van der Waals surface area contributed by atoms with Gasteiger partial charge in [0.15, 0.2) is 0 Å². The quantitative estimate of drug-likeness (QED) is 0.634. The van der Waals surface area contributed by atoms with E-state index in [0.29, 0.717) is 12.1 Å². The maximum atomic E-state index is 8.83. The predicted molar refractivity (Wildman–Crippen MR) is 56.0 cm³/mol. The van der Waals surface area contributed by atoms with Gasteiger partial charge in [0.25, 0.3) is 0 Å². The molecule has 0 heterocycles. The first-order valence-corrected chi connectivity index (χ1v) is 4.74. The zero-order valence-electron chi connectivity index (χ0n) is 8.35. The Labute approximate surface area is 88.8 Å². The summed E-state index contributed by atoms with van der Waals surface area (Å²) in [6, 6.07) is 8.96. The first-order chi connectivity index (χ1) is 7.30. The minimum Gasteiger partial charge on any atom is -0.395 e.